The van der Waals surface area contributed by atoms with Crippen LogP contribution in [0.4, 0.5) is 0 Å². The van der Waals surface area contributed by atoms with Crippen LogP contribution in [0.15, 0.2) is 15.7 Å². The fourth-order valence-corrected chi connectivity index (χ4v) is 0.670. The molecular formula is C5H5N3O4. The summed E-state index contributed by atoms with van der Waals surface area (Å²) in [4.78, 5) is 33.4. The number of carboxylic acid groups (broad SMARTS) is 1. The topological polar surface area (TPSA) is 118 Å². The molecule has 7 heteroatoms. The molecule has 0 radical (unpaired) electrons. The number of aromatic amines is 1. The maximum Gasteiger partial charge on any atom is 0.354 e. The summed E-state index contributed by atoms with van der Waals surface area (Å²) < 4.78 is 0.351. The van der Waals surface area contributed by atoms with Crippen molar-refractivity contribution in [1.29, 1.82) is 0 Å². The molecule has 0 spiro atoms. The van der Waals surface area contributed by atoms with Crippen molar-refractivity contribution in [2.24, 2.45) is 0 Å². The Hall–Kier alpha value is -2.05. The first-order valence-electron chi connectivity index (χ1n) is 2.87. The van der Waals surface area contributed by atoms with Crippen molar-refractivity contribution < 1.29 is 9.90 Å². The zero-order valence-electron chi connectivity index (χ0n) is 5.77. The third kappa shape index (κ3) is 1.19. The Morgan fingerprint density at radius 3 is 2.67 bits per heavy atom. The van der Waals surface area contributed by atoms with Gasteiger partial charge >= 0.3 is 11.7 Å². The molecule has 0 fully saturated rings. The Balaban J connectivity index is 3.59. The minimum Gasteiger partial charge on any atom is -0.477 e. The summed E-state index contributed by atoms with van der Waals surface area (Å²) in [5.74, 6) is 3.58. The highest BCUT2D eigenvalue weighted by Crippen LogP contribution is 1.85. The first-order valence-corrected chi connectivity index (χ1v) is 2.87. The summed E-state index contributed by atoms with van der Waals surface area (Å²) in [5, 5.41) is 8.42. The summed E-state index contributed by atoms with van der Waals surface area (Å²) in [6.45, 7) is 0. The summed E-state index contributed by atoms with van der Waals surface area (Å²) in [6.07, 6.45) is 0. The number of carbonyl (C=O) groups is 1. The third-order valence-electron chi connectivity index (χ3n) is 1.20. The lowest BCUT2D eigenvalue weighted by molar-refractivity contribution is 0.0685. The van der Waals surface area contributed by atoms with E-state index in [0.717, 1.165) is 6.07 Å². The molecule has 0 atom stereocenters. The Labute approximate surface area is 65.0 Å². The van der Waals surface area contributed by atoms with E-state index in [1.54, 1.807) is 4.98 Å². The van der Waals surface area contributed by atoms with Crippen LogP contribution in [-0.4, -0.2) is 20.7 Å². The van der Waals surface area contributed by atoms with Crippen LogP contribution in [0.2, 0.25) is 0 Å². The second-order valence-electron chi connectivity index (χ2n) is 2.00. The number of aromatic nitrogens is 2. The largest absolute Gasteiger partial charge is 0.477 e. The summed E-state index contributed by atoms with van der Waals surface area (Å²) in [7, 11) is 0. The average Bonchev–Trinajstić information content (AvgIpc) is 1.96. The Morgan fingerprint density at radius 2 is 2.17 bits per heavy atom. The second kappa shape index (κ2) is 2.53. The predicted octanol–water partition coefficient (Wildman–Crippen LogP) is -2.05. The van der Waals surface area contributed by atoms with Crippen molar-refractivity contribution in [2.75, 3.05) is 5.84 Å². The van der Waals surface area contributed by atoms with E-state index < -0.39 is 22.9 Å². The molecule has 0 unspecified atom stereocenters. The van der Waals surface area contributed by atoms with Gasteiger partial charge in [0.1, 0.15) is 0 Å². The highest BCUT2D eigenvalue weighted by molar-refractivity contribution is 5.85. The number of rotatable bonds is 1. The van der Waals surface area contributed by atoms with Gasteiger partial charge in [-0.1, -0.05) is 0 Å². The Kier molecular flexibility index (Phi) is 1.70. The zero-order valence-corrected chi connectivity index (χ0v) is 5.77. The van der Waals surface area contributed by atoms with Crippen molar-refractivity contribution in [3.8, 4) is 0 Å². The molecule has 1 aromatic heterocycles. The van der Waals surface area contributed by atoms with Gasteiger partial charge in [-0.15, -0.1) is 0 Å². The van der Waals surface area contributed by atoms with Gasteiger partial charge in [-0.05, 0) is 0 Å². The maximum absolute atomic E-state index is 10.7. The van der Waals surface area contributed by atoms with Gasteiger partial charge in [-0.25, -0.2) is 14.3 Å². The highest BCUT2D eigenvalue weighted by Gasteiger charge is 2.09. The number of hydrogen-bond acceptors (Lipinski definition) is 4. The van der Waals surface area contributed by atoms with Gasteiger partial charge in [0.15, 0.2) is 5.69 Å². The van der Waals surface area contributed by atoms with Crippen LogP contribution in [0, 0.1) is 0 Å². The smallest absolute Gasteiger partial charge is 0.354 e. The Morgan fingerprint density at radius 1 is 1.58 bits per heavy atom. The van der Waals surface area contributed by atoms with Crippen molar-refractivity contribution >= 4 is 5.97 Å². The first-order chi connectivity index (χ1) is 5.52. The number of nitrogen functional groups attached to an aromatic ring is 1. The van der Waals surface area contributed by atoms with E-state index in [1.165, 1.54) is 0 Å². The first kappa shape index (κ1) is 8.05. The Bertz CT molecular complexity index is 429. The van der Waals surface area contributed by atoms with Gasteiger partial charge in [-0.2, -0.15) is 0 Å². The molecule has 4 N–H and O–H groups in total. The van der Waals surface area contributed by atoms with Crippen molar-refractivity contribution in [3.63, 3.8) is 0 Å². The second-order valence-corrected chi connectivity index (χ2v) is 2.00. The minimum atomic E-state index is -1.43. The van der Waals surface area contributed by atoms with Crippen LogP contribution in [-0.2, 0) is 0 Å². The molecular weight excluding hydrogens is 166 g/mol. The van der Waals surface area contributed by atoms with E-state index in [2.05, 4.69) is 0 Å². The van der Waals surface area contributed by atoms with E-state index in [1.807, 2.05) is 0 Å². The fourth-order valence-electron chi connectivity index (χ4n) is 0.670. The van der Waals surface area contributed by atoms with E-state index in [9.17, 15) is 14.4 Å². The maximum atomic E-state index is 10.7. The molecule has 0 aliphatic rings. The number of nitrogens with zero attached hydrogens (tertiary/aromatic N) is 1. The van der Waals surface area contributed by atoms with E-state index in [0.29, 0.717) is 4.68 Å². The SMILES string of the molecule is Nn1c(C(=O)O)cc(=O)[nH]c1=O. The average molecular weight is 171 g/mol. The number of carboxylic acids is 1. The van der Waals surface area contributed by atoms with Crippen LogP contribution >= 0.6 is 0 Å². The van der Waals surface area contributed by atoms with Crippen molar-refractivity contribution in [3.05, 3.63) is 32.6 Å². The van der Waals surface area contributed by atoms with Crippen LogP contribution in [0.1, 0.15) is 10.5 Å². The zero-order chi connectivity index (χ0) is 9.30. The molecule has 1 aromatic rings. The van der Waals surface area contributed by atoms with Gasteiger partial charge in [0, 0.05) is 6.07 Å². The lowest BCUT2D eigenvalue weighted by Crippen LogP contribution is -2.38. The highest BCUT2D eigenvalue weighted by atomic mass is 16.4. The molecule has 0 saturated carbocycles. The predicted molar refractivity (Wildman–Crippen MR) is 38.4 cm³/mol. The van der Waals surface area contributed by atoms with E-state index in [4.69, 9.17) is 10.9 Å². The van der Waals surface area contributed by atoms with E-state index >= 15 is 0 Å². The lowest BCUT2D eigenvalue weighted by atomic mass is 10.4. The van der Waals surface area contributed by atoms with Crippen LogP contribution in [0.3, 0.4) is 0 Å². The molecule has 0 amide bonds. The normalized spacial score (nSPS) is 9.67. The lowest BCUT2D eigenvalue weighted by Gasteiger charge is -1.99. The van der Waals surface area contributed by atoms with Gasteiger partial charge in [0.05, 0.1) is 0 Å². The monoisotopic (exact) mass is 171 g/mol. The molecule has 64 valence electrons. The molecule has 0 aliphatic carbocycles. The fraction of sp³-hybridized carbons (Fsp3) is 0. The summed E-state index contributed by atoms with van der Waals surface area (Å²) in [5.41, 5.74) is -2.30. The van der Waals surface area contributed by atoms with Gasteiger partial charge in [-0.3, -0.25) is 9.78 Å². The molecule has 1 rings (SSSR count). The number of nitrogens with two attached hydrogens (primary N) is 1. The molecule has 1 heterocycles. The van der Waals surface area contributed by atoms with E-state index in [-0.39, 0.29) is 0 Å². The number of H-pyrrole nitrogens is 1. The van der Waals surface area contributed by atoms with Crippen molar-refractivity contribution in [2.45, 2.75) is 0 Å². The van der Waals surface area contributed by atoms with Crippen LogP contribution < -0.4 is 17.1 Å². The quantitative estimate of drug-likeness (QED) is 0.420. The molecule has 0 bridgehead atoms. The number of hydrogen-bond donors (Lipinski definition) is 3. The molecule has 12 heavy (non-hydrogen) atoms. The molecule has 7 nitrogen and oxygen atoms in total. The van der Waals surface area contributed by atoms with Gasteiger partial charge in [0.25, 0.3) is 5.56 Å². The third-order valence-corrected chi connectivity index (χ3v) is 1.20. The van der Waals surface area contributed by atoms with Crippen LogP contribution in [0.25, 0.3) is 0 Å². The summed E-state index contributed by atoms with van der Waals surface area (Å²) in [6, 6.07) is 0.726. The molecule has 0 saturated heterocycles. The van der Waals surface area contributed by atoms with Gasteiger partial charge < -0.3 is 10.9 Å². The number of aromatic carboxylic acids is 1. The standard InChI is InChI=1S/C5H5N3O4/c6-8-2(4(10)11)1-3(9)7-5(8)12/h1H,6H2,(H,10,11)(H,7,9,12). The van der Waals surface area contributed by atoms with Crippen molar-refractivity contribution in [1.82, 2.24) is 9.66 Å². The summed E-state index contributed by atoms with van der Waals surface area (Å²) >= 11 is 0. The number of nitrogens with one attached hydrogen (secondary N) is 1. The van der Waals surface area contributed by atoms with Gasteiger partial charge in [0.2, 0.25) is 0 Å². The molecule has 0 aromatic carbocycles. The van der Waals surface area contributed by atoms with Crippen LogP contribution in [0.5, 0.6) is 0 Å². The molecule has 0 aliphatic heterocycles. The minimum absolute atomic E-state index is 0.351.